The van der Waals surface area contributed by atoms with Gasteiger partial charge in [-0.3, -0.25) is 0 Å². The molecule has 2 fully saturated rings. The van der Waals surface area contributed by atoms with Crippen LogP contribution in [0.1, 0.15) is 31.2 Å². The number of nitrogens with one attached hydrogen (secondary N) is 1. The maximum atomic E-state index is 13.8. The first-order valence-corrected chi connectivity index (χ1v) is 9.97. The molecule has 0 amide bonds. The van der Waals surface area contributed by atoms with Crippen LogP contribution in [0, 0.1) is 0 Å². The zero-order chi connectivity index (χ0) is 20.9. The van der Waals surface area contributed by atoms with Crippen LogP contribution < -0.4 is 10.2 Å². The van der Waals surface area contributed by atoms with E-state index in [9.17, 15) is 17.6 Å². The Bertz CT molecular complexity index is 1070. The van der Waals surface area contributed by atoms with Gasteiger partial charge in [-0.25, -0.2) is 9.07 Å². The van der Waals surface area contributed by atoms with E-state index in [0.29, 0.717) is 35.8 Å². The van der Waals surface area contributed by atoms with Gasteiger partial charge in [0.1, 0.15) is 12.0 Å². The molecule has 1 saturated heterocycles. The third kappa shape index (κ3) is 3.44. The molecule has 5 rings (SSSR count). The molecule has 10 heteroatoms. The number of benzene rings is 1. The monoisotopic (exact) mass is 420 g/mol. The van der Waals surface area contributed by atoms with E-state index >= 15 is 0 Å². The predicted molar refractivity (Wildman–Crippen MR) is 105 cm³/mol. The van der Waals surface area contributed by atoms with E-state index in [-0.39, 0.29) is 18.3 Å². The molecule has 158 valence electrons. The van der Waals surface area contributed by atoms with Crippen LogP contribution in [0.5, 0.6) is 0 Å². The Labute approximate surface area is 169 Å². The lowest BCUT2D eigenvalue weighted by atomic mass is 9.93. The molecule has 0 spiro atoms. The third-order valence-electron chi connectivity index (χ3n) is 5.70. The van der Waals surface area contributed by atoms with E-state index in [0.717, 1.165) is 31.4 Å². The van der Waals surface area contributed by atoms with Gasteiger partial charge in [-0.2, -0.15) is 28.2 Å². The summed E-state index contributed by atoms with van der Waals surface area (Å²) in [5.74, 6) is 0.943. The van der Waals surface area contributed by atoms with Gasteiger partial charge in [-0.1, -0.05) is 6.07 Å². The topological polar surface area (TPSA) is 58.9 Å². The van der Waals surface area contributed by atoms with Gasteiger partial charge < -0.3 is 10.2 Å². The first-order chi connectivity index (χ1) is 14.4. The van der Waals surface area contributed by atoms with Crippen molar-refractivity contribution in [1.82, 2.24) is 19.7 Å². The van der Waals surface area contributed by atoms with Crippen LogP contribution in [0.2, 0.25) is 0 Å². The predicted octanol–water partition coefficient (Wildman–Crippen LogP) is 4.35. The summed E-state index contributed by atoms with van der Waals surface area (Å²) in [6.07, 6.45) is -0.287. The normalized spacial score (nSPS) is 20.0. The van der Waals surface area contributed by atoms with Crippen molar-refractivity contribution in [3.8, 4) is 5.69 Å². The van der Waals surface area contributed by atoms with Gasteiger partial charge in [0, 0.05) is 12.6 Å². The van der Waals surface area contributed by atoms with Crippen molar-refractivity contribution in [2.24, 2.45) is 0 Å². The molecule has 1 aromatic carbocycles. The van der Waals surface area contributed by atoms with E-state index in [1.165, 1.54) is 16.9 Å². The summed E-state index contributed by atoms with van der Waals surface area (Å²) < 4.78 is 54.7. The highest BCUT2D eigenvalue weighted by atomic mass is 19.4. The Morgan fingerprint density at radius 3 is 2.60 bits per heavy atom. The van der Waals surface area contributed by atoms with E-state index < -0.39 is 17.9 Å². The van der Waals surface area contributed by atoms with Gasteiger partial charge >= 0.3 is 6.18 Å². The number of nitrogens with zero attached hydrogens (tertiary/aromatic N) is 5. The Morgan fingerprint density at radius 2 is 1.93 bits per heavy atom. The summed E-state index contributed by atoms with van der Waals surface area (Å²) >= 11 is 0. The van der Waals surface area contributed by atoms with Crippen LogP contribution in [0.4, 0.5) is 29.3 Å². The van der Waals surface area contributed by atoms with Crippen LogP contribution in [0.15, 0.2) is 30.5 Å². The number of halogens is 4. The fraction of sp³-hybridized carbons (Fsp3) is 0.450. The zero-order valence-corrected chi connectivity index (χ0v) is 16.0. The lowest BCUT2D eigenvalue weighted by Gasteiger charge is -2.27. The highest BCUT2D eigenvalue weighted by Gasteiger charge is 2.31. The lowest BCUT2D eigenvalue weighted by Crippen LogP contribution is -2.29. The van der Waals surface area contributed by atoms with Gasteiger partial charge in [-0.15, -0.1) is 0 Å². The summed E-state index contributed by atoms with van der Waals surface area (Å²) in [7, 11) is 0. The van der Waals surface area contributed by atoms with Gasteiger partial charge in [0.05, 0.1) is 29.4 Å². The van der Waals surface area contributed by atoms with Crippen LogP contribution in [0.25, 0.3) is 16.7 Å². The van der Waals surface area contributed by atoms with E-state index in [1.54, 1.807) is 6.07 Å². The number of anilines is 2. The molecule has 3 heterocycles. The van der Waals surface area contributed by atoms with Crippen LogP contribution in [0.3, 0.4) is 0 Å². The van der Waals surface area contributed by atoms with Crippen molar-refractivity contribution < 1.29 is 17.6 Å². The number of alkyl halides is 4. The number of hydrogen-bond acceptors (Lipinski definition) is 5. The summed E-state index contributed by atoms with van der Waals surface area (Å²) in [5, 5.41) is 8.16. The highest BCUT2D eigenvalue weighted by molar-refractivity contribution is 5.89. The summed E-state index contributed by atoms with van der Waals surface area (Å²) in [5.41, 5.74) is -0.113. The molecule has 1 N–H and O–H groups in total. The fourth-order valence-corrected chi connectivity index (χ4v) is 3.85. The Kier molecular flexibility index (Phi) is 4.52. The average molecular weight is 420 g/mol. The van der Waals surface area contributed by atoms with Gasteiger partial charge in [0.2, 0.25) is 5.95 Å². The van der Waals surface area contributed by atoms with Crippen LogP contribution >= 0.6 is 0 Å². The summed E-state index contributed by atoms with van der Waals surface area (Å²) in [6, 6.07) is 5.23. The lowest BCUT2D eigenvalue weighted by molar-refractivity contribution is -0.137. The molecule has 1 atom stereocenters. The quantitative estimate of drug-likeness (QED) is 0.636. The minimum absolute atomic E-state index is 0.226. The molecule has 1 unspecified atom stereocenters. The molecule has 2 aromatic heterocycles. The van der Waals surface area contributed by atoms with Crippen molar-refractivity contribution >= 4 is 22.8 Å². The molecule has 6 nitrogen and oxygen atoms in total. The fourth-order valence-electron chi connectivity index (χ4n) is 3.85. The van der Waals surface area contributed by atoms with Crippen molar-refractivity contribution in [3.63, 3.8) is 0 Å². The molecule has 3 aromatic rings. The molecule has 1 saturated carbocycles. The molecule has 0 bridgehead atoms. The Hall–Kier alpha value is -2.91. The summed E-state index contributed by atoms with van der Waals surface area (Å²) in [4.78, 5) is 11.0. The zero-order valence-electron chi connectivity index (χ0n) is 16.0. The molecule has 0 radical (unpaired) electrons. The van der Waals surface area contributed by atoms with Gasteiger partial charge in [0.15, 0.2) is 5.65 Å². The van der Waals surface area contributed by atoms with Crippen molar-refractivity contribution in [2.45, 2.75) is 44.1 Å². The Balaban J connectivity index is 1.62. The standard InChI is InChI=1S/C20H20F4N6/c21-13-7-8-29(11-13)17-16-10-25-30(15-6-1-3-12(9-15)20(22,23)24)18(16)28-19(27-17)26-14-4-2-5-14/h1,3,6,9-10,13-14H,2,4-5,7-8,11H2,(H,26,27,28). The van der Waals surface area contributed by atoms with Crippen molar-refractivity contribution in [3.05, 3.63) is 36.0 Å². The second-order valence-corrected chi connectivity index (χ2v) is 7.82. The Morgan fingerprint density at radius 1 is 1.10 bits per heavy atom. The smallest absolute Gasteiger partial charge is 0.353 e. The second-order valence-electron chi connectivity index (χ2n) is 7.82. The average Bonchev–Trinajstić information content (AvgIpc) is 3.30. The minimum atomic E-state index is -4.46. The molecule has 30 heavy (non-hydrogen) atoms. The van der Waals surface area contributed by atoms with E-state index in [4.69, 9.17) is 0 Å². The van der Waals surface area contributed by atoms with E-state index in [1.807, 2.05) is 4.90 Å². The highest BCUT2D eigenvalue weighted by Crippen LogP contribution is 2.33. The third-order valence-corrected chi connectivity index (χ3v) is 5.70. The number of rotatable bonds is 4. The maximum Gasteiger partial charge on any atom is 0.416 e. The summed E-state index contributed by atoms with van der Waals surface area (Å²) in [6.45, 7) is 0.745. The van der Waals surface area contributed by atoms with E-state index in [2.05, 4.69) is 20.4 Å². The maximum absolute atomic E-state index is 13.8. The first kappa shape index (κ1) is 19.1. The number of fused-ring (bicyclic) bond motifs is 1. The molecular formula is C20H20F4N6. The SMILES string of the molecule is FC1CCN(c2nc(NC3CCC3)nc3c2cnn3-c2cccc(C(F)(F)F)c2)C1. The van der Waals surface area contributed by atoms with Gasteiger partial charge in [0.25, 0.3) is 0 Å². The van der Waals surface area contributed by atoms with Crippen molar-refractivity contribution in [2.75, 3.05) is 23.3 Å². The minimum Gasteiger partial charge on any atom is -0.353 e. The second kappa shape index (κ2) is 7.10. The number of aromatic nitrogens is 4. The number of hydrogen-bond donors (Lipinski definition) is 1. The van der Waals surface area contributed by atoms with Crippen LogP contribution in [-0.2, 0) is 6.18 Å². The van der Waals surface area contributed by atoms with Crippen LogP contribution in [-0.4, -0.2) is 45.1 Å². The molecule has 1 aliphatic heterocycles. The molecule has 2 aliphatic rings. The largest absolute Gasteiger partial charge is 0.416 e. The molecule has 1 aliphatic carbocycles. The van der Waals surface area contributed by atoms with Crippen molar-refractivity contribution in [1.29, 1.82) is 0 Å². The van der Waals surface area contributed by atoms with Gasteiger partial charge in [-0.05, 0) is 43.9 Å². The first-order valence-electron chi connectivity index (χ1n) is 9.97. The molecular weight excluding hydrogens is 400 g/mol.